The first kappa shape index (κ1) is 14.5. The Morgan fingerprint density at radius 1 is 1.41 bits per heavy atom. The van der Waals surface area contributed by atoms with Gasteiger partial charge in [0.2, 0.25) is 5.91 Å². The van der Waals surface area contributed by atoms with Crippen LogP contribution in [0.2, 0.25) is 0 Å². The molecule has 0 radical (unpaired) electrons. The van der Waals surface area contributed by atoms with Gasteiger partial charge in [-0.2, -0.15) is 0 Å². The third-order valence-corrected chi connectivity index (χ3v) is 4.08. The number of nitrogens with one attached hydrogen (secondary N) is 1. The second-order valence-electron chi connectivity index (χ2n) is 6.36. The van der Waals surface area contributed by atoms with Crippen LogP contribution in [0.3, 0.4) is 0 Å². The summed E-state index contributed by atoms with van der Waals surface area (Å²) in [4.78, 5) is 12.1. The molecular weight excluding hydrogens is 210 g/mol. The molecule has 17 heavy (non-hydrogen) atoms. The first-order valence-corrected chi connectivity index (χ1v) is 7.29. The predicted octanol–water partition coefficient (Wildman–Crippen LogP) is 3.90. The van der Waals surface area contributed by atoms with Crippen molar-refractivity contribution in [2.75, 3.05) is 0 Å². The zero-order valence-corrected chi connectivity index (χ0v) is 12.0. The molecule has 0 bridgehead atoms. The molecular formula is C15H29NO. The summed E-state index contributed by atoms with van der Waals surface area (Å²) in [7, 11) is 0. The summed E-state index contributed by atoms with van der Waals surface area (Å²) in [5, 5.41) is 3.26. The number of hydrogen-bond acceptors (Lipinski definition) is 1. The molecule has 0 aromatic carbocycles. The Kier molecular flexibility index (Phi) is 5.48. The summed E-state index contributed by atoms with van der Waals surface area (Å²) in [6.07, 6.45) is 7.91. The molecule has 0 saturated heterocycles. The standard InChI is InChI=1S/C15H29NO/c1-5-7-8-12(6-2)14(17)16-13-9-10-15(3,4)11-13/h12-13H,5-11H2,1-4H3,(H,16,17). The lowest BCUT2D eigenvalue weighted by atomic mass is 9.91. The molecule has 0 aromatic heterocycles. The van der Waals surface area contributed by atoms with E-state index < -0.39 is 0 Å². The third-order valence-electron chi connectivity index (χ3n) is 4.08. The van der Waals surface area contributed by atoms with Crippen LogP contribution in [0.15, 0.2) is 0 Å². The zero-order chi connectivity index (χ0) is 12.9. The molecule has 100 valence electrons. The van der Waals surface area contributed by atoms with Gasteiger partial charge in [0.25, 0.3) is 0 Å². The predicted molar refractivity (Wildman–Crippen MR) is 72.9 cm³/mol. The van der Waals surface area contributed by atoms with Gasteiger partial charge in [0.15, 0.2) is 0 Å². The second kappa shape index (κ2) is 6.42. The van der Waals surface area contributed by atoms with Gasteiger partial charge in [0.1, 0.15) is 0 Å². The Morgan fingerprint density at radius 3 is 2.59 bits per heavy atom. The smallest absolute Gasteiger partial charge is 0.223 e. The molecule has 0 heterocycles. The van der Waals surface area contributed by atoms with Crippen molar-refractivity contribution in [2.45, 2.75) is 78.7 Å². The molecule has 1 fully saturated rings. The van der Waals surface area contributed by atoms with Gasteiger partial charge in [-0.15, -0.1) is 0 Å². The Bertz CT molecular complexity index is 247. The minimum atomic E-state index is 0.235. The van der Waals surface area contributed by atoms with Gasteiger partial charge in [-0.3, -0.25) is 4.79 Å². The summed E-state index contributed by atoms with van der Waals surface area (Å²) in [6.45, 7) is 8.91. The molecule has 2 heteroatoms. The van der Waals surface area contributed by atoms with E-state index in [0.717, 1.165) is 25.7 Å². The molecule has 1 aliphatic carbocycles. The van der Waals surface area contributed by atoms with E-state index in [1.165, 1.54) is 19.3 Å². The number of unbranched alkanes of at least 4 members (excludes halogenated alkanes) is 1. The van der Waals surface area contributed by atoms with Gasteiger partial charge >= 0.3 is 0 Å². The first-order valence-electron chi connectivity index (χ1n) is 7.29. The molecule has 0 aromatic rings. The molecule has 2 unspecified atom stereocenters. The highest BCUT2D eigenvalue weighted by Crippen LogP contribution is 2.37. The van der Waals surface area contributed by atoms with E-state index >= 15 is 0 Å². The van der Waals surface area contributed by atoms with Crippen molar-refractivity contribution in [3.63, 3.8) is 0 Å². The lowest BCUT2D eigenvalue weighted by Gasteiger charge is -2.20. The lowest BCUT2D eigenvalue weighted by molar-refractivity contribution is -0.126. The second-order valence-corrected chi connectivity index (χ2v) is 6.36. The minimum Gasteiger partial charge on any atom is -0.353 e. The third kappa shape index (κ3) is 4.69. The Morgan fingerprint density at radius 2 is 2.12 bits per heavy atom. The fourth-order valence-electron chi connectivity index (χ4n) is 2.85. The van der Waals surface area contributed by atoms with Crippen molar-refractivity contribution < 1.29 is 4.79 Å². The van der Waals surface area contributed by atoms with E-state index in [2.05, 4.69) is 33.0 Å². The van der Waals surface area contributed by atoms with Gasteiger partial charge in [0.05, 0.1) is 0 Å². The minimum absolute atomic E-state index is 0.235. The van der Waals surface area contributed by atoms with Crippen LogP contribution >= 0.6 is 0 Å². The molecule has 1 amide bonds. The van der Waals surface area contributed by atoms with Crippen LogP contribution in [-0.4, -0.2) is 11.9 Å². The molecule has 2 nitrogen and oxygen atoms in total. The molecule has 1 rings (SSSR count). The van der Waals surface area contributed by atoms with Crippen molar-refractivity contribution in [1.29, 1.82) is 0 Å². The Hall–Kier alpha value is -0.530. The SMILES string of the molecule is CCCCC(CC)C(=O)NC1CCC(C)(C)C1. The van der Waals surface area contributed by atoms with E-state index in [0.29, 0.717) is 17.4 Å². The number of hydrogen-bond donors (Lipinski definition) is 1. The molecule has 0 spiro atoms. The maximum absolute atomic E-state index is 12.1. The maximum Gasteiger partial charge on any atom is 0.223 e. The van der Waals surface area contributed by atoms with Crippen LogP contribution in [0, 0.1) is 11.3 Å². The van der Waals surface area contributed by atoms with E-state index in [-0.39, 0.29) is 5.92 Å². The molecule has 1 saturated carbocycles. The number of amides is 1. The van der Waals surface area contributed by atoms with E-state index in [1.54, 1.807) is 0 Å². The van der Waals surface area contributed by atoms with Crippen LogP contribution < -0.4 is 5.32 Å². The van der Waals surface area contributed by atoms with Crippen molar-refractivity contribution >= 4 is 5.91 Å². The van der Waals surface area contributed by atoms with E-state index in [9.17, 15) is 4.79 Å². The zero-order valence-electron chi connectivity index (χ0n) is 12.0. The van der Waals surface area contributed by atoms with Crippen LogP contribution in [0.5, 0.6) is 0 Å². The quantitative estimate of drug-likeness (QED) is 0.748. The normalized spacial score (nSPS) is 24.6. The van der Waals surface area contributed by atoms with Gasteiger partial charge in [-0.1, -0.05) is 40.5 Å². The fourth-order valence-corrected chi connectivity index (χ4v) is 2.85. The van der Waals surface area contributed by atoms with Crippen molar-refractivity contribution in [1.82, 2.24) is 5.32 Å². The summed E-state index contributed by atoms with van der Waals surface area (Å²) >= 11 is 0. The van der Waals surface area contributed by atoms with Gasteiger partial charge in [0, 0.05) is 12.0 Å². The van der Waals surface area contributed by atoms with E-state index in [1.807, 2.05) is 0 Å². The van der Waals surface area contributed by atoms with Gasteiger partial charge < -0.3 is 5.32 Å². The highest BCUT2D eigenvalue weighted by molar-refractivity contribution is 5.78. The van der Waals surface area contributed by atoms with Gasteiger partial charge in [-0.25, -0.2) is 0 Å². The van der Waals surface area contributed by atoms with Crippen LogP contribution in [0.4, 0.5) is 0 Å². The maximum atomic E-state index is 12.1. The molecule has 1 aliphatic rings. The first-order chi connectivity index (χ1) is 7.98. The summed E-state index contributed by atoms with van der Waals surface area (Å²) in [6, 6.07) is 0.424. The highest BCUT2D eigenvalue weighted by atomic mass is 16.1. The Labute approximate surface area is 107 Å². The van der Waals surface area contributed by atoms with E-state index in [4.69, 9.17) is 0 Å². The largest absolute Gasteiger partial charge is 0.353 e. The topological polar surface area (TPSA) is 29.1 Å². The Balaban J connectivity index is 2.37. The van der Waals surface area contributed by atoms with Crippen molar-refractivity contribution in [3.8, 4) is 0 Å². The monoisotopic (exact) mass is 239 g/mol. The fraction of sp³-hybridized carbons (Fsp3) is 0.933. The summed E-state index contributed by atoms with van der Waals surface area (Å²) < 4.78 is 0. The van der Waals surface area contributed by atoms with Crippen LogP contribution in [0.1, 0.15) is 72.6 Å². The number of carbonyl (C=O) groups excluding carboxylic acids is 1. The van der Waals surface area contributed by atoms with Crippen molar-refractivity contribution in [2.24, 2.45) is 11.3 Å². The average Bonchev–Trinajstić information content (AvgIpc) is 2.59. The lowest BCUT2D eigenvalue weighted by Crippen LogP contribution is -2.37. The van der Waals surface area contributed by atoms with Crippen LogP contribution in [0.25, 0.3) is 0 Å². The number of rotatable bonds is 6. The summed E-state index contributed by atoms with van der Waals surface area (Å²) in [5.74, 6) is 0.530. The van der Waals surface area contributed by atoms with Crippen LogP contribution in [-0.2, 0) is 4.79 Å². The molecule has 0 aliphatic heterocycles. The van der Waals surface area contributed by atoms with Crippen molar-refractivity contribution in [3.05, 3.63) is 0 Å². The molecule has 2 atom stereocenters. The highest BCUT2D eigenvalue weighted by Gasteiger charge is 2.32. The van der Waals surface area contributed by atoms with Gasteiger partial charge in [-0.05, 0) is 37.5 Å². The average molecular weight is 239 g/mol. The summed E-state index contributed by atoms with van der Waals surface area (Å²) in [5.41, 5.74) is 0.420. The molecule has 1 N–H and O–H groups in total. The number of carbonyl (C=O) groups is 1.